The largest absolute Gasteiger partial charge is 0.491 e. The SMILES string of the molecule is CC(C)Oc1ccc2[c][c]ccc2c1. The van der Waals surface area contributed by atoms with Gasteiger partial charge in [-0.1, -0.05) is 18.2 Å². The molecular formula is C13H12O. The molecule has 1 nitrogen and oxygen atoms in total. The second kappa shape index (κ2) is 3.70. The minimum atomic E-state index is 0.215. The molecule has 2 aromatic rings. The molecule has 14 heavy (non-hydrogen) atoms. The van der Waals surface area contributed by atoms with Crippen molar-refractivity contribution in [2.45, 2.75) is 20.0 Å². The quantitative estimate of drug-likeness (QED) is 0.696. The maximum absolute atomic E-state index is 5.60. The fourth-order valence-corrected chi connectivity index (χ4v) is 1.39. The van der Waals surface area contributed by atoms with Crippen LogP contribution in [0, 0.1) is 12.1 Å². The predicted molar refractivity (Wildman–Crippen MR) is 57.4 cm³/mol. The first kappa shape index (κ1) is 9.07. The molecule has 0 N–H and O–H groups in total. The average molecular weight is 184 g/mol. The summed E-state index contributed by atoms with van der Waals surface area (Å²) in [6.07, 6.45) is 0.215. The lowest BCUT2D eigenvalue weighted by Gasteiger charge is -2.09. The Bertz CT molecular complexity index is 432. The van der Waals surface area contributed by atoms with E-state index in [0.717, 1.165) is 16.5 Å². The van der Waals surface area contributed by atoms with Gasteiger partial charge < -0.3 is 4.74 Å². The Morgan fingerprint density at radius 1 is 1.21 bits per heavy atom. The van der Waals surface area contributed by atoms with Crippen molar-refractivity contribution in [2.24, 2.45) is 0 Å². The molecule has 0 aromatic heterocycles. The number of fused-ring (bicyclic) bond motifs is 1. The number of ether oxygens (including phenoxy) is 1. The zero-order valence-electron chi connectivity index (χ0n) is 8.37. The van der Waals surface area contributed by atoms with Gasteiger partial charge in [0.1, 0.15) is 5.75 Å². The van der Waals surface area contributed by atoms with Gasteiger partial charge >= 0.3 is 0 Å². The Morgan fingerprint density at radius 2 is 2.07 bits per heavy atom. The summed E-state index contributed by atoms with van der Waals surface area (Å²) in [4.78, 5) is 0. The molecule has 0 saturated heterocycles. The summed E-state index contributed by atoms with van der Waals surface area (Å²) in [7, 11) is 0. The molecule has 0 unspecified atom stereocenters. The Hall–Kier alpha value is -1.50. The van der Waals surface area contributed by atoms with E-state index in [9.17, 15) is 0 Å². The highest BCUT2D eigenvalue weighted by molar-refractivity contribution is 5.83. The molecule has 0 aliphatic rings. The zero-order valence-corrected chi connectivity index (χ0v) is 8.37. The average Bonchev–Trinajstić information content (AvgIpc) is 2.17. The van der Waals surface area contributed by atoms with Crippen LogP contribution in [0.3, 0.4) is 0 Å². The van der Waals surface area contributed by atoms with Crippen molar-refractivity contribution in [3.63, 3.8) is 0 Å². The second-order valence-corrected chi connectivity index (χ2v) is 3.52. The van der Waals surface area contributed by atoms with E-state index in [4.69, 9.17) is 4.74 Å². The fourth-order valence-electron chi connectivity index (χ4n) is 1.39. The van der Waals surface area contributed by atoms with Crippen molar-refractivity contribution in [1.29, 1.82) is 0 Å². The van der Waals surface area contributed by atoms with Crippen LogP contribution in [-0.2, 0) is 0 Å². The minimum absolute atomic E-state index is 0.215. The van der Waals surface area contributed by atoms with Gasteiger partial charge in [0.15, 0.2) is 0 Å². The standard InChI is InChI=1S/C13H12O/c1-10(2)14-13-8-7-11-5-3-4-6-12(11)9-13/h4,6-10H,1-2H3. The highest BCUT2D eigenvalue weighted by Crippen LogP contribution is 2.20. The first-order chi connectivity index (χ1) is 6.75. The van der Waals surface area contributed by atoms with E-state index in [2.05, 4.69) is 12.1 Å². The molecule has 0 bridgehead atoms. The van der Waals surface area contributed by atoms with Crippen molar-refractivity contribution in [2.75, 3.05) is 0 Å². The Morgan fingerprint density at radius 3 is 2.86 bits per heavy atom. The van der Waals surface area contributed by atoms with Gasteiger partial charge in [-0.05, 0) is 48.9 Å². The van der Waals surface area contributed by atoms with Gasteiger partial charge in [0.05, 0.1) is 6.10 Å². The first-order valence-electron chi connectivity index (χ1n) is 4.74. The Labute approximate surface area is 84.3 Å². The van der Waals surface area contributed by atoms with Crippen molar-refractivity contribution in [1.82, 2.24) is 0 Å². The normalized spacial score (nSPS) is 10.8. The maximum atomic E-state index is 5.60. The van der Waals surface area contributed by atoms with Crippen LogP contribution in [0.2, 0.25) is 0 Å². The topological polar surface area (TPSA) is 9.23 Å². The summed E-state index contributed by atoms with van der Waals surface area (Å²) < 4.78 is 5.60. The molecule has 0 saturated carbocycles. The lowest BCUT2D eigenvalue weighted by Crippen LogP contribution is -2.05. The monoisotopic (exact) mass is 184 g/mol. The molecule has 2 aromatic carbocycles. The van der Waals surface area contributed by atoms with Crippen LogP contribution >= 0.6 is 0 Å². The van der Waals surface area contributed by atoms with E-state index in [1.54, 1.807) is 0 Å². The molecule has 70 valence electrons. The summed E-state index contributed by atoms with van der Waals surface area (Å²) in [6.45, 7) is 4.05. The predicted octanol–water partition coefficient (Wildman–Crippen LogP) is 3.23. The van der Waals surface area contributed by atoms with E-state index < -0.39 is 0 Å². The Balaban J connectivity index is 2.41. The third-order valence-electron chi connectivity index (χ3n) is 1.95. The van der Waals surface area contributed by atoms with Gasteiger partial charge in [0.25, 0.3) is 0 Å². The van der Waals surface area contributed by atoms with Crippen molar-refractivity contribution >= 4 is 10.8 Å². The smallest absolute Gasteiger partial charge is 0.120 e. The molecule has 0 fully saturated rings. The number of hydrogen-bond acceptors (Lipinski definition) is 1. The second-order valence-electron chi connectivity index (χ2n) is 3.52. The molecule has 0 heterocycles. The van der Waals surface area contributed by atoms with Gasteiger partial charge in [-0.15, -0.1) is 0 Å². The lowest BCUT2D eigenvalue weighted by molar-refractivity contribution is 0.243. The van der Waals surface area contributed by atoms with E-state index in [1.807, 2.05) is 44.2 Å². The van der Waals surface area contributed by atoms with Gasteiger partial charge in [-0.25, -0.2) is 0 Å². The summed E-state index contributed by atoms with van der Waals surface area (Å²) in [5.41, 5.74) is 0. The van der Waals surface area contributed by atoms with Crippen LogP contribution in [0.4, 0.5) is 0 Å². The van der Waals surface area contributed by atoms with Gasteiger partial charge in [-0.2, -0.15) is 0 Å². The number of rotatable bonds is 2. The molecule has 0 amide bonds. The van der Waals surface area contributed by atoms with Gasteiger partial charge in [0, 0.05) is 0 Å². The fraction of sp³-hybridized carbons (Fsp3) is 0.231. The third kappa shape index (κ3) is 1.87. The molecule has 0 aliphatic carbocycles. The molecule has 2 radical (unpaired) electrons. The molecule has 0 atom stereocenters. The van der Waals surface area contributed by atoms with E-state index in [-0.39, 0.29) is 6.10 Å². The van der Waals surface area contributed by atoms with Gasteiger partial charge in [0.2, 0.25) is 0 Å². The number of benzene rings is 2. The lowest BCUT2D eigenvalue weighted by atomic mass is 10.1. The highest BCUT2D eigenvalue weighted by atomic mass is 16.5. The molecule has 1 heteroatoms. The van der Waals surface area contributed by atoms with E-state index >= 15 is 0 Å². The van der Waals surface area contributed by atoms with Gasteiger partial charge in [-0.3, -0.25) is 0 Å². The zero-order chi connectivity index (χ0) is 9.97. The third-order valence-corrected chi connectivity index (χ3v) is 1.95. The summed E-state index contributed by atoms with van der Waals surface area (Å²) in [5.74, 6) is 0.909. The molecule has 0 aliphatic heterocycles. The van der Waals surface area contributed by atoms with Crippen molar-refractivity contribution < 1.29 is 4.74 Å². The van der Waals surface area contributed by atoms with Crippen LogP contribution in [0.5, 0.6) is 5.75 Å². The first-order valence-corrected chi connectivity index (χ1v) is 4.74. The molecular weight excluding hydrogens is 172 g/mol. The maximum Gasteiger partial charge on any atom is 0.120 e. The van der Waals surface area contributed by atoms with Crippen LogP contribution in [0.25, 0.3) is 10.8 Å². The molecule has 2 rings (SSSR count). The van der Waals surface area contributed by atoms with Crippen LogP contribution in [0.1, 0.15) is 13.8 Å². The van der Waals surface area contributed by atoms with E-state index in [0.29, 0.717) is 0 Å². The highest BCUT2D eigenvalue weighted by Gasteiger charge is 1.98. The summed E-state index contributed by atoms with van der Waals surface area (Å²) in [5, 5.41) is 2.21. The van der Waals surface area contributed by atoms with Crippen molar-refractivity contribution in [3.8, 4) is 5.75 Å². The van der Waals surface area contributed by atoms with Crippen LogP contribution in [0.15, 0.2) is 30.3 Å². The van der Waals surface area contributed by atoms with Crippen molar-refractivity contribution in [3.05, 3.63) is 42.5 Å². The van der Waals surface area contributed by atoms with Crippen LogP contribution < -0.4 is 4.74 Å². The van der Waals surface area contributed by atoms with E-state index in [1.165, 1.54) is 0 Å². The minimum Gasteiger partial charge on any atom is -0.491 e. The molecule has 0 spiro atoms. The summed E-state index contributed by atoms with van der Waals surface area (Å²) in [6, 6.07) is 15.9. The Kier molecular flexibility index (Phi) is 2.40. The number of hydrogen-bond donors (Lipinski definition) is 0. The summed E-state index contributed by atoms with van der Waals surface area (Å²) >= 11 is 0. The van der Waals surface area contributed by atoms with Crippen LogP contribution in [-0.4, -0.2) is 6.10 Å².